The van der Waals surface area contributed by atoms with Gasteiger partial charge in [0.05, 0.1) is 0 Å². The third-order valence-electron chi connectivity index (χ3n) is 4.64. The van der Waals surface area contributed by atoms with Crippen LogP contribution in [0.25, 0.3) is 0 Å². The lowest BCUT2D eigenvalue weighted by Gasteiger charge is -2.31. The molecule has 1 aliphatic rings. The summed E-state index contributed by atoms with van der Waals surface area (Å²) in [6, 6.07) is 9.28. The molecule has 138 valence electrons. The van der Waals surface area contributed by atoms with Crippen molar-refractivity contribution in [3.05, 3.63) is 41.7 Å². The maximum absolute atomic E-state index is 12.7. The topological polar surface area (TPSA) is 78.7 Å². The Morgan fingerprint density at radius 2 is 1.96 bits per heavy atom. The highest BCUT2D eigenvalue weighted by molar-refractivity contribution is 5.96. The molecule has 0 aliphatic carbocycles. The van der Waals surface area contributed by atoms with Gasteiger partial charge in [0.25, 0.3) is 5.91 Å². The van der Waals surface area contributed by atoms with E-state index in [0.717, 1.165) is 5.69 Å². The molecule has 0 atom stereocenters. The predicted molar refractivity (Wildman–Crippen MR) is 99.3 cm³/mol. The molecule has 1 fully saturated rings. The zero-order valence-corrected chi connectivity index (χ0v) is 15.4. The molecule has 26 heavy (non-hydrogen) atoms. The summed E-state index contributed by atoms with van der Waals surface area (Å²) in [7, 11) is 3.90. The van der Waals surface area contributed by atoms with Crippen LogP contribution in [-0.2, 0) is 4.79 Å². The second kappa shape index (κ2) is 7.59. The number of aryl methyl sites for hydroxylation is 1. The molecule has 1 aromatic carbocycles. The predicted octanol–water partition coefficient (Wildman–Crippen LogP) is 2.54. The van der Waals surface area contributed by atoms with Gasteiger partial charge in [0.2, 0.25) is 5.91 Å². The summed E-state index contributed by atoms with van der Waals surface area (Å²) in [6.45, 7) is 2.92. The van der Waals surface area contributed by atoms with Crippen molar-refractivity contribution in [2.24, 2.45) is 5.92 Å². The molecule has 2 aromatic rings. The summed E-state index contributed by atoms with van der Waals surface area (Å²) in [5, 5.41) is 6.56. The highest BCUT2D eigenvalue weighted by Crippen LogP contribution is 2.22. The fourth-order valence-corrected chi connectivity index (χ4v) is 3.10. The number of likely N-dealkylation sites (tertiary alicyclic amines) is 1. The minimum Gasteiger partial charge on any atom is -0.378 e. The summed E-state index contributed by atoms with van der Waals surface area (Å²) < 4.78 is 4.96. The molecule has 7 heteroatoms. The van der Waals surface area contributed by atoms with Gasteiger partial charge >= 0.3 is 0 Å². The van der Waals surface area contributed by atoms with Crippen molar-refractivity contribution in [3.8, 4) is 0 Å². The van der Waals surface area contributed by atoms with E-state index < -0.39 is 0 Å². The molecule has 2 amide bonds. The zero-order chi connectivity index (χ0) is 18.7. The van der Waals surface area contributed by atoms with Crippen LogP contribution in [0.5, 0.6) is 0 Å². The largest absolute Gasteiger partial charge is 0.378 e. The van der Waals surface area contributed by atoms with Crippen LogP contribution in [0.1, 0.15) is 29.0 Å². The van der Waals surface area contributed by atoms with E-state index in [1.165, 1.54) is 0 Å². The zero-order valence-electron chi connectivity index (χ0n) is 15.4. The molecule has 0 saturated carbocycles. The molecule has 0 radical (unpaired) electrons. The van der Waals surface area contributed by atoms with E-state index in [1.54, 1.807) is 13.0 Å². The van der Waals surface area contributed by atoms with Gasteiger partial charge in [-0.25, -0.2) is 0 Å². The van der Waals surface area contributed by atoms with Crippen molar-refractivity contribution in [1.29, 1.82) is 0 Å². The molecule has 1 aliphatic heterocycles. The molecule has 1 saturated heterocycles. The standard InChI is InChI=1S/C19H24N4O3/c1-13-11-17(21-26-13)20-18(24)14-7-9-23(10-8-14)19(25)15-5-4-6-16(12-15)22(2)3/h4-6,11-12,14H,7-10H2,1-3H3,(H,20,21,24). The Labute approximate surface area is 152 Å². The van der Waals surface area contributed by atoms with Gasteiger partial charge in [0.15, 0.2) is 5.82 Å². The van der Waals surface area contributed by atoms with E-state index in [2.05, 4.69) is 10.5 Å². The Hall–Kier alpha value is -2.83. The number of hydrogen-bond acceptors (Lipinski definition) is 5. The average molecular weight is 356 g/mol. The molecule has 1 N–H and O–H groups in total. The lowest BCUT2D eigenvalue weighted by Crippen LogP contribution is -2.41. The van der Waals surface area contributed by atoms with Gasteiger partial charge in [-0.05, 0) is 38.0 Å². The summed E-state index contributed by atoms with van der Waals surface area (Å²) in [5.41, 5.74) is 1.67. The molecule has 0 spiro atoms. The quantitative estimate of drug-likeness (QED) is 0.911. The lowest BCUT2D eigenvalue weighted by atomic mass is 9.95. The summed E-state index contributed by atoms with van der Waals surface area (Å²) in [4.78, 5) is 28.9. The highest BCUT2D eigenvalue weighted by Gasteiger charge is 2.28. The van der Waals surface area contributed by atoms with Gasteiger partial charge in [-0.2, -0.15) is 0 Å². The minimum atomic E-state index is -0.121. The van der Waals surface area contributed by atoms with Crippen LogP contribution < -0.4 is 10.2 Å². The molecule has 7 nitrogen and oxygen atoms in total. The minimum absolute atomic E-state index is 0.0136. The van der Waals surface area contributed by atoms with Gasteiger partial charge in [0.1, 0.15) is 5.76 Å². The summed E-state index contributed by atoms with van der Waals surface area (Å²) in [6.07, 6.45) is 1.28. The second-order valence-corrected chi connectivity index (χ2v) is 6.82. The van der Waals surface area contributed by atoms with Gasteiger partial charge in [-0.3, -0.25) is 9.59 Å². The van der Waals surface area contributed by atoms with Crippen LogP contribution >= 0.6 is 0 Å². The monoisotopic (exact) mass is 356 g/mol. The Morgan fingerprint density at radius 3 is 2.58 bits per heavy atom. The molecule has 1 aromatic heterocycles. The Balaban J connectivity index is 1.57. The Bertz CT molecular complexity index is 792. The van der Waals surface area contributed by atoms with E-state index in [-0.39, 0.29) is 17.7 Å². The molecule has 2 heterocycles. The van der Waals surface area contributed by atoms with E-state index >= 15 is 0 Å². The van der Waals surface area contributed by atoms with Gasteiger partial charge < -0.3 is 19.6 Å². The number of piperidine rings is 1. The Morgan fingerprint density at radius 1 is 1.23 bits per heavy atom. The molecule has 3 rings (SSSR count). The molecule has 0 bridgehead atoms. The first-order chi connectivity index (χ1) is 12.4. The number of carbonyl (C=O) groups excluding carboxylic acids is 2. The van der Waals surface area contributed by atoms with E-state index in [4.69, 9.17) is 4.52 Å². The van der Waals surface area contributed by atoms with Crippen molar-refractivity contribution < 1.29 is 14.1 Å². The number of anilines is 2. The van der Waals surface area contributed by atoms with Crippen molar-refractivity contribution in [3.63, 3.8) is 0 Å². The fourth-order valence-electron chi connectivity index (χ4n) is 3.10. The summed E-state index contributed by atoms with van der Waals surface area (Å²) in [5.74, 6) is 0.913. The number of aromatic nitrogens is 1. The number of nitrogens with zero attached hydrogens (tertiary/aromatic N) is 3. The van der Waals surface area contributed by atoms with Crippen LogP contribution in [0.4, 0.5) is 11.5 Å². The van der Waals surface area contributed by atoms with Crippen LogP contribution in [0.3, 0.4) is 0 Å². The Kier molecular flexibility index (Phi) is 5.25. The molecule has 0 unspecified atom stereocenters. The second-order valence-electron chi connectivity index (χ2n) is 6.82. The van der Waals surface area contributed by atoms with Gasteiger partial charge in [-0.15, -0.1) is 0 Å². The smallest absolute Gasteiger partial charge is 0.253 e. The first-order valence-electron chi connectivity index (χ1n) is 8.75. The van der Waals surface area contributed by atoms with Gasteiger partial charge in [0, 0.05) is 50.4 Å². The van der Waals surface area contributed by atoms with E-state index in [1.807, 2.05) is 48.2 Å². The normalized spacial score (nSPS) is 15.0. The molecular weight excluding hydrogens is 332 g/mol. The first-order valence-corrected chi connectivity index (χ1v) is 8.75. The molecular formula is C19H24N4O3. The fraction of sp³-hybridized carbons (Fsp3) is 0.421. The van der Waals surface area contributed by atoms with Crippen LogP contribution in [0, 0.1) is 12.8 Å². The van der Waals surface area contributed by atoms with Gasteiger partial charge in [-0.1, -0.05) is 11.2 Å². The SMILES string of the molecule is Cc1cc(NC(=O)C2CCN(C(=O)c3cccc(N(C)C)c3)CC2)no1. The number of amides is 2. The number of hydrogen-bond donors (Lipinski definition) is 1. The van der Waals surface area contributed by atoms with E-state index in [0.29, 0.717) is 43.1 Å². The van der Waals surface area contributed by atoms with Crippen molar-refractivity contribution in [1.82, 2.24) is 10.1 Å². The first kappa shape index (κ1) is 18.0. The summed E-state index contributed by atoms with van der Waals surface area (Å²) >= 11 is 0. The maximum atomic E-state index is 12.7. The van der Waals surface area contributed by atoms with Crippen LogP contribution in [0.15, 0.2) is 34.9 Å². The van der Waals surface area contributed by atoms with Crippen molar-refractivity contribution >= 4 is 23.3 Å². The highest BCUT2D eigenvalue weighted by atomic mass is 16.5. The number of nitrogens with one attached hydrogen (secondary N) is 1. The number of carbonyl (C=O) groups is 2. The third kappa shape index (κ3) is 4.04. The van der Waals surface area contributed by atoms with E-state index in [9.17, 15) is 9.59 Å². The lowest BCUT2D eigenvalue weighted by molar-refractivity contribution is -0.121. The van der Waals surface area contributed by atoms with Crippen molar-refractivity contribution in [2.75, 3.05) is 37.4 Å². The van der Waals surface area contributed by atoms with Crippen LogP contribution in [-0.4, -0.2) is 49.1 Å². The number of rotatable bonds is 4. The number of benzene rings is 1. The van der Waals surface area contributed by atoms with Crippen LogP contribution in [0.2, 0.25) is 0 Å². The maximum Gasteiger partial charge on any atom is 0.253 e. The third-order valence-corrected chi connectivity index (χ3v) is 4.64. The average Bonchev–Trinajstić information content (AvgIpc) is 3.06. The van der Waals surface area contributed by atoms with Crippen molar-refractivity contribution in [2.45, 2.75) is 19.8 Å².